The van der Waals surface area contributed by atoms with Gasteiger partial charge in [0.2, 0.25) is 0 Å². The second kappa shape index (κ2) is 3.16. The third kappa shape index (κ3) is 1.45. The van der Waals surface area contributed by atoms with E-state index < -0.39 is 4.92 Å². The van der Waals surface area contributed by atoms with E-state index in [2.05, 4.69) is 10.2 Å². The lowest BCUT2D eigenvalue weighted by Gasteiger charge is -2.02. The largest absolute Gasteiger partial charge is 0.397 e. The molecular formula is C9H8N4O2. The number of aryl methyl sites for hydroxylation is 1. The van der Waals surface area contributed by atoms with E-state index in [0.717, 1.165) is 0 Å². The van der Waals surface area contributed by atoms with Crippen LogP contribution in [0.5, 0.6) is 0 Å². The Morgan fingerprint density at radius 3 is 2.80 bits per heavy atom. The van der Waals surface area contributed by atoms with Gasteiger partial charge in [0.15, 0.2) is 0 Å². The summed E-state index contributed by atoms with van der Waals surface area (Å²) in [5.74, 6) is 0. The maximum atomic E-state index is 10.6. The second-order valence-corrected chi connectivity index (χ2v) is 3.16. The van der Waals surface area contributed by atoms with Gasteiger partial charge >= 0.3 is 0 Å². The van der Waals surface area contributed by atoms with E-state index in [4.69, 9.17) is 5.73 Å². The zero-order valence-corrected chi connectivity index (χ0v) is 7.97. The van der Waals surface area contributed by atoms with Crippen molar-refractivity contribution < 1.29 is 4.92 Å². The molecule has 76 valence electrons. The number of aromatic nitrogens is 2. The molecule has 0 spiro atoms. The van der Waals surface area contributed by atoms with Crippen LogP contribution in [0.25, 0.3) is 10.9 Å². The number of rotatable bonds is 1. The summed E-state index contributed by atoms with van der Waals surface area (Å²) in [6.07, 6.45) is 0. The summed E-state index contributed by atoms with van der Waals surface area (Å²) >= 11 is 0. The first-order chi connectivity index (χ1) is 7.09. The highest BCUT2D eigenvalue weighted by atomic mass is 16.6. The molecule has 0 aliphatic heterocycles. The Hall–Kier alpha value is -2.24. The topological polar surface area (TPSA) is 94.9 Å². The minimum Gasteiger partial charge on any atom is -0.397 e. The van der Waals surface area contributed by atoms with Crippen LogP contribution in [-0.2, 0) is 0 Å². The molecule has 15 heavy (non-hydrogen) atoms. The van der Waals surface area contributed by atoms with Crippen LogP contribution in [0.1, 0.15) is 5.69 Å². The van der Waals surface area contributed by atoms with Gasteiger partial charge in [-0.05, 0) is 13.0 Å². The average molecular weight is 204 g/mol. The van der Waals surface area contributed by atoms with E-state index in [1.165, 1.54) is 18.2 Å². The molecule has 1 aromatic heterocycles. The van der Waals surface area contributed by atoms with Crippen LogP contribution >= 0.6 is 0 Å². The molecule has 0 amide bonds. The second-order valence-electron chi connectivity index (χ2n) is 3.16. The zero-order chi connectivity index (χ0) is 11.0. The van der Waals surface area contributed by atoms with Crippen molar-refractivity contribution in [3.8, 4) is 0 Å². The normalized spacial score (nSPS) is 10.5. The maximum absolute atomic E-state index is 10.6. The summed E-state index contributed by atoms with van der Waals surface area (Å²) in [6.45, 7) is 1.71. The van der Waals surface area contributed by atoms with Gasteiger partial charge in [0.25, 0.3) is 5.69 Å². The summed E-state index contributed by atoms with van der Waals surface area (Å²) in [5, 5.41) is 18.9. The van der Waals surface area contributed by atoms with Crippen LogP contribution in [0, 0.1) is 17.0 Å². The van der Waals surface area contributed by atoms with Crippen LogP contribution in [0.3, 0.4) is 0 Å². The number of nitrogens with zero attached hydrogens (tertiary/aromatic N) is 3. The first-order valence-electron chi connectivity index (χ1n) is 4.26. The van der Waals surface area contributed by atoms with Crippen molar-refractivity contribution in [2.45, 2.75) is 6.92 Å². The van der Waals surface area contributed by atoms with Gasteiger partial charge in [-0.25, -0.2) is 0 Å². The van der Waals surface area contributed by atoms with Crippen molar-refractivity contribution in [1.82, 2.24) is 10.2 Å². The molecule has 0 saturated carbocycles. The van der Waals surface area contributed by atoms with E-state index in [0.29, 0.717) is 22.3 Å². The van der Waals surface area contributed by atoms with Crippen molar-refractivity contribution >= 4 is 22.3 Å². The lowest BCUT2D eigenvalue weighted by Crippen LogP contribution is -1.98. The van der Waals surface area contributed by atoms with Crippen molar-refractivity contribution in [3.63, 3.8) is 0 Å². The number of benzene rings is 1. The molecule has 1 heterocycles. The first-order valence-corrected chi connectivity index (χ1v) is 4.26. The summed E-state index contributed by atoms with van der Waals surface area (Å²) in [4.78, 5) is 10.1. The Morgan fingerprint density at radius 2 is 2.13 bits per heavy atom. The highest BCUT2D eigenvalue weighted by Crippen LogP contribution is 2.24. The number of hydrogen-bond donors (Lipinski definition) is 1. The van der Waals surface area contributed by atoms with Gasteiger partial charge in [-0.3, -0.25) is 10.1 Å². The maximum Gasteiger partial charge on any atom is 0.270 e. The molecule has 0 aliphatic carbocycles. The molecule has 1 aromatic carbocycles. The smallest absolute Gasteiger partial charge is 0.270 e. The highest BCUT2D eigenvalue weighted by molar-refractivity contribution is 5.92. The molecule has 0 bridgehead atoms. The predicted octanol–water partition coefficient (Wildman–Crippen LogP) is 1.43. The molecule has 0 radical (unpaired) electrons. The van der Waals surface area contributed by atoms with Crippen LogP contribution < -0.4 is 5.73 Å². The highest BCUT2D eigenvalue weighted by Gasteiger charge is 2.10. The van der Waals surface area contributed by atoms with Crippen LogP contribution in [0.4, 0.5) is 11.4 Å². The molecule has 0 fully saturated rings. The summed E-state index contributed by atoms with van der Waals surface area (Å²) in [5.41, 5.74) is 7.33. The lowest BCUT2D eigenvalue weighted by atomic mass is 10.1. The number of non-ortho nitro benzene ring substituents is 1. The minimum atomic E-state index is -0.464. The zero-order valence-electron chi connectivity index (χ0n) is 7.97. The SMILES string of the molecule is Cc1nnc2ccc([N+](=O)[O-])cc2c1N. The van der Waals surface area contributed by atoms with Crippen molar-refractivity contribution in [2.24, 2.45) is 0 Å². The Balaban J connectivity index is 2.79. The molecule has 6 heteroatoms. The third-order valence-corrected chi connectivity index (χ3v) is 2.18. The number of nitrogen functional groups attached to an aromatic ring is 1. The van der Waals surface area contributed by atoms with Gasteiger partial charge in [-0.2, -0.15) is 10.2 Å². The molecule has 2 aromatic rings. The number of nitro groups is 1. The Morgan fingerprint density at radius 1 is 1.40 bits per heavy atom. The van der Waals surface area contributed by atoms with Crippen LogP contribution in [0.15, 0.2) is 18.2 Å². The van der Waals surface area contributed by atoms with Crippen LogP contribution in [0.2, 0.25) is 0 Å². The predicted molar refractivity (Wildman–Crippen MR) is 55.3 cm³/mol. The van der Waals surface area contributed by atoms with Crippen molar-refractivity contribution in [3.05, 3.63) is 34.0 Å². The van der Waals surface area contributed by atoms with Crippen LogP contribution in [-0.4, -0.2) is 15.1 Å². The quantitative estimate of drug-likeness (QED) is 0.560. The molecule has 2 N–H and O–H groups in total. The standard InChI is InChI=1S/C9H8N4O2/c1-5-9(10)7-4-6(13(14)15)2-3-8(7)12-11-5/h2-4H,1H3,(H2,10,12). The number of hydrogen-bond acceptors (Lipinski definition) is 5. The Kier molecular flexibility index (Phi) is 1.96. The molecule has 0 unspecified atom stereocenters. The van der Waals surface area contributed by atoms with Gasteiger partial charge in [-0.15, -0.1) is 0 Å². The van der Waals surface area contributed by atoms with Gasteiger partial charge in [0.1, 0.15) is 0 Å². The molecule has 2 rings (SSSR count). The monoisotopic (exact) mass is 204 g/mol. The Labute approximate surface area is 84.9 Å². The first kappa shape index (κ1) is 9.32. The number of fused-ring (bicyclic) bond motifs is 1. The average Bonchev–Trinajstić information content (AvgIpc) is 2.23. The lowest BCUT2D eigenvalue weighted by molar-refractivity contribution is -0.384. The Bertz CT molecular complexity index is 553. The fourth-order valence-corrected chi connectivity index (χ4v) is 1.32. The van der Waals surface area contributed by atoms with Crippen molar-refractivity contribution in [1.29, 1.82) is 0 Å². The van der Waals surface area contributed by atoms with E-state index in [-0.39, 0.29) is 5.69 Å². The minimum absolute atomic E-state index is 0.00148. The van der Waals surface area contributed by atoms with Gasteiger partial charge in [-0.1, -0.05) is 0 Å². The van der Waals surface area contributed by atoms with E-state index >= 15 is 0 Å². The molecule has 6 nitrogen and oxygen atoms in total. The molecule has 0 saturated heterocycles. The summed E-state index contributed by atoms with van der Waals surface area (Å²) in [7, 11) is 0. The number of anilines is 1. The fraction of sp³-hybridized carbons (Fsp3) is 0.111. The fourth-order valence-electron chi connectivity index (χ4n) is 1.32. The van der Waals surface area contributed by atoms with E-state index in [1.54, 1.807) is 6.92 Å². The van der Waals surface area contributed by atoms with E-state index in [9.17, 15) is 10.1 Å². The summed E-state index contributed by atoms with van der Waals surface area (Å²) < 4.78 is 0. The van der Waals surface area contributed by atoms with E-state index in [1.807, 2.05) is 0 Å². The van der Waals surface area contributed by atoms with Gasteiger partial charge < -0.3 is 5.73 Å². The third-order valence-electron chi connectivity index (χ3n) is 2.18. The molecule has 0 aliphatic rings. The molecule has 0 atom stereocenters. The van der Waals surface area contributed by atoms with Gasteiger partial charge in [0.05, 0.1) is 21.8 Å². The van der Waals surface area contributed by atoms with Gasteiger partial charge in [0, 0.05) is 17.5 Å². The van der Waals surface area contributed by atoms with Crippen molar-refractivity contribution in [2.75, 3.05) is 5.73 Å². The molecular weight excluding hydrogens is 196 g/mol. The number of nitro benzene ring substituents is 1. The number of nitrogens with two attached hydrogens (primary N) is 1. The summed E-state index contributed by atoms with van der Waals surface area (Å²) in [6, 6.07) is 4.33.